The van der Waals surface area contributed by atoms with E-state index >= 15 is 0 Å². The van der Waals surface area contributed by atoms with E-state index < -0.39 is 0 Å². The molecule has 1 unspecified atom stereocenters. The number of ether oxygens (including phenoxy) is 1. The summed E-state index contributed by atoms with van der Waals surface area (Å²) in [5.74, 6) is 1.36. The monoisotopic (exact) mass is 265 g/mol. The van der Waals surface area contributed by atoms with Crippen LogP contribution in [0.3, 0.4) is 0 Å². The Bertz CT molecular complexity index is 505. The first-order chi connectivity index (χ1) is 9.72. The van der Waals surface area contributed by atoms with Crippen LogP contribution in [0.2, 0.25) is 0 Å². The molecule has 0 aliphatic carbocycles. The zero-order chi connectivity index (χ0) is 14.0. The minimum Gasteiger partial charge on any atom is -0.376 e. The Morgan fingerprint density at radius 2 is 1.40 bits per heavy atom. The summed E-state index contributed by atoms with van der Waals surface area (Å²) in [6, 6.07) is 21.5. The number of benzene rings is 2. The van der Waals surface area contributed by atoms with E-state index in [0.29, 0.717) is 0 Å². The van der Waals surface area contributed by atoms with Crippen LogP contribution in [0.4, 0.5) is 0 Å². The summed E-state index contributed by atoms with van der Waals surface area (Å²) in [6.07, 6.45) is 1.29. The molecule has 3 rings (SSSR count). The van der Waals surface area contributed by atoms with Crippen molar-refractivity contribution in [2.75, 3.05) is 6.61 Å². The average molecular weight is 265 g/mol. The van der Waals surface area contributed by atoms with Crippen molar-refractivity contribution in [3.8, 4) is 0 Å². The van der Waals surface area contributed by atoms with Crippen molar-refractivity contribution in [1.82, 2.24) is 0 Å². The average Bonchev–Trinajstić information content (AvgIpc) is 2.96. The molecule has 1 radical (unpaired) electrons. The van der Waals surface area contributed by atoms with Gasteiger partial charge in [-0.25, -0.2) is 0 Å². The van der Waals surface area contributed by atoms with Crippen LogP contribution in [-0.4, -0.2) is 12.7 Å². The fourth-order valence-corrected chi connectivity index (χ4v) is 3.13. The summed E-state index contributed by atoms with van der Waals surface area (Å²) >= 11 is 0. The standard InChI is InChI=1S/C19H21O/c1-15(2)18-13-19(14-20-18,16-9-5-3-6-10-16)17-11-7-4-8-12-17/h3-12,18H,13-14H2,1-2H3. The molecule has 1 heterocycles. The van der Waals surface area contributed by atoms with E-state index in [1.165, 1.54) is 17.0 Å². The third-order valence-electron chi connectivity index (χ3n) is 4.36. The molecule has 1 aliphatic rings. The smallest absolute Gasteiger partial charge is 0.0645 e. The maximum absolute atomic E-state index is 6.10. The van der Waals surface area contributed by atoms with Crippen LogP contribution in [0.25, 0.3) is 0 Å². The Hall–Kier alpha value is -1.60. The van der Waals surface area contributed by atoms with Crippen LogP contribution in [0.1, 0.15) is 31.4 Å². The maximum atomic E-state index is 6.10. The molecule has 20 heavy (non-hydrogen) atoms. The lowest BCUT2D eigenvalue weighted by molar-refractivity contribution is 0.116. The summed E-state index contributed by atoms with van der Waals surface area (Å²) in [5, 5.41) is 0. The fourth-order valence-electron chi connectivity index (χ4n) is 3.13. The van der Waals surface area contributed by atoms with E-state index in [0.717, 1.165) is 13.0 Å². The Labute approximate surface area is 121 Å². The second-order valence-corrected chi connectivity index (χ2v) is 5.90. The number of hydrogen-bond donors (Lipinski definition) is 0. The molecule has 1 saturated heterocycles. The van der Waals surface area contributed by atoms with Gasteiger partial charge in [0.2, 0.25) is 0 Å². The topological polar surface area (TPSA) is 9.23 Å². The molecular formula is C19H21O. The van der Waals surface area contributed by atoms with Gasteiger partial charge in [0.15, 0.2) is 0 Å². The third-order valence-corrected chi connectivity index (χ3v) is 4.36. The Morgan fingerprint density at radius 1 is 0.900 bits per heavy atom. The van der Waals surface area contributed by atoms with Crippen molar-refractivity contribution in [3.05, 3.63) is 77.7 Å². The van der Waals surface area contributed by atoms with Gasteiger partial charge in [-0.15, -0.1) is 0 Å². The molecule has 0 aromatic heterocycles. The van der Waals surface area contributed by atoms with Gasteiger partial charge in [-0.05, 0) is 23.5 Å². The highest BCUT2D eigenvalue weighted by atomic mass is 16.5. The lowest BCUT2D eigenvalue weighted by Crippen LogP contribution is -2.28. The summed E-state index contributed by atoms with van der Waals surface area (Å²) < 4.78 is 6.10. The van der Waals surface area contributed by atoms with Gasteiger partial charge >= 0.3 is 0 Å². The van der Waals surface area contributed by atoms with Gasteiger partial charge < -0.3 is 4.74 Å². The van der Waals surface area contributed by atoms with Gasteiger partial charge in [-0.3, -0.25) is 0 Å². The summed E-state index contributed by atoms with van der Waals surface area (Å²) in [7, 11) is 0. The van der Waals surface area contributed by atoms with E-state index in [2.05, 4.69) is 74.5 Å². The molecule has 2 aromatic carbocycles. The van der Waals surface area contributed by atoms with Crippen LogP contribution >= 0.6 is 0 Å². The molecule has 1 heteroatoms. The fraction of sp³-hybridized carbons (Fsp3) is 0.316. The highest BCUT2D eigenvalue weighted by Crippen LogP contribution is 2.44. The summed E-state index contributed by atoms with van der Waals surface area (Å²) in [5.41, 5.74) is 2.70. The molecule has 0 bridgehead atoms. The van der Waals surface area contributed by atoms with Crippen LogP contribution < -0.4 is 0 Å². The van der Waals surface area contributed by atoms with Gasteiger partial charge in [-0.1, -0.05) is 74.5 Å². The van der Waals surface area contributed by atoms with Crippen molar-refractivity contribution in [3.63, 3.8) is 0 Å². The molecule has 1 nitrogen and oxygen atoms in total. The second kappa shape index (κ2) is 5.41. The molecule has 1 fully saturated rings. The molecule has 0 spiro atoms. The highest BCUT2D eigenvalue weighted by molar-refractivity contribution is 5.41. The first-order valence-corrected chi connectivity index (χ1v) is 7.25. The molecule has 1 aliphatic heterocycles. The van der Waals surface area contributed by atoms with Crippen molar-refractivity contribution >= 4 is 0 Å². The SMILES string of the molecule is C[C](C)C1CC(c2ccccc2)(c2ccccc2)CO1. The Balaban J connectivity index is 2.06. The van der Waals surface area contributed by atoms with Crippen molar-refractivity contribution < 1.29 is 4.74 Å². The molecule has 1 atom stereocenters. The predicted octanol–water partition coefficient (Wildman–Crippen LogP) is 4.38. The normalized spacial score (nSPS) is 21.2. The number of rotatable bonds is 3. The van der Waals surface area contributed by atoms with E-state index in [1.807, 2.05) is 0 Å². The molecule has 0 saturated carbocycles. The maximum Gasteiger partial charge on any atom is 0.0645 e. The zero-order valence-electron chi connectivity index (χ0n) is 12.2. The summed E-state index contributed by atoms with van der Waals surface area (Å²) in [4.78, 5) is 0. The van der Waals surface area contributed by atoms with Crippen LogP contribution in [0.15, 0.2) is 60.7 Å². The van der Waals surface area contributed by atoms with Crippen LogP contribution in [-0.2, 0) is 10.2 Å². The quantitative estimate of drug-likeness (QED) is 0.800. The van der Waals surface area contributed by atoms with E-state index in [1.54, 1.807) is 0 Å². The van der Waals surface area contributed by atoms with Crippen LogP contribution in [0, 0.1) is 5.92 Å². The van der Waals surface area contributed by atoms with Crippen LogP contribution in [0.5, 0.6) is 0 Å². The first kappa shape index (κ1) is 13.4. The van der Waals surface area contributed by atoms with Gasteiger partial charge in [0.1, 0.15) is 0 Å². The van der Waals surface area contributed by atoms with Crippen molar-refractivity contribution in [2.24, 2.45) is 0 Å². The minimum atomic E-state index is -0.00947. The summed E-state index contributed by atoms with van der Waals surface area (Å²) in [6.45, 7) is 5.09. The lowest BCUT2D eigenvalue weighted by Gasteiger charge is -2.29. The highest BCUT2D eigenvalue weighted by Gasteiger charge is 2.43. The molecule has 103 valence electrons. The second-order valence-electron chi connectivity index (χ2n) is 5.90. The van der Waals surface area contributed by atoms with Gasteiger partial charge in [0.05, 0.1) is 12.7 Å². The van der Waals surface area contributed by atoms with E-state index in [-0.39, 0.29) is 11.5 Å². The molecule has 2 aromatic rings. The lowest BCUT2D eigenvalue weighted by atomic mass is 9.72. The third kappa shape index (κ3) is 2.27. The Morgan fingerprint density at radius 3 is 1.80 bits per heavy atom. The van der Waals surface area contributed by atoms with E-state index in [9.17, 15) is 0 Å². The largest absolute Gasteiger partial charge is 0.376 e. The van der Waals surface area contributed by atoms with Crippen molar-refractivity contribution in [1.29, 1.82) is 0 Å². The Kier molecular flexibility index (Phi) is 3.62. The molecule has 0 N–H and O–H groups in total. The molecule has 0 amide bonds. The van der Waals surface area contributed by atoms with Crippen molar-refractivity contribution in [2.45, 2.75) is 31.8 Å². The van der Waals surface area contributed by atoms with Gasteiger partial charge in [0, 0.05) is 5.41 Å². The van der Waals surface area contributed by atoms with E-state index in [4.69, 9.17) is 4.74 Å². The number of hydrogen-bond acceptors (Lipinski definition) is 1. The first-order valence-electron chi connectivity index (χ1n) is 7.25. The predicted molar refractivity (Wildman–Crippen MR) is 82.6 cm³/mol. The minimum absolute atomic E-state index is 0.00947. The molecular weight excluding hydrogens is 244 g/mol. The zero-order valence-corrected chi connectivity index (χ0v) is 12.2. The van der Waals surface area contributed by atoms with Gasteiger partial charge in [-0.2, -0.15) is 0 Å². The van der Waals surface area contributed by atoms with Gasteiger partial charge in [0.25, 0.3) is 0 Å².